The van der Waals surface area contributed by atoms with Crippen LogP contribution in [0, 0.1) is 11.3 Å². The summed E-state index contributed by atoms with van der Waals surface area (Å²) in [5.74, 6) is -3.71. The molecule has 1 aliphatic heterocycles. The third-order valence-corrected chi connectivity index (χ3v) is 5.66. The second-order valence-corrected chi connectivity index (χ2v) is 7.56. The first-order chi connectivity index (χ1) is 12.0. The first-order valence-electron chi connectivity index (χ1n) is 8.52. The van der Waals surface area contributed by atoms with Crippen LogP contribution in [0.15, 0.2) is 22.8 Å². The standard InChI is InChI=1S/C19H22O7/c1-9-6-15(22)16(24-11(3)20)18(5)8-19(25-12(4)21)14(7-13(9)18)10(2)17(23)26-19/h6,13,16H,7-8H2,1-5H3. The molecule has 7 nitrogen and oxygen atoms in total. The predicted octanol–water partition coefficient (Wildman–Crippen LogP) is 2.00. The van der Waals surface area contributed by atoms with Crippen molar-refractivity contribution >= 4 is 23.7 Å². The molecule has 7 heteroatoms. The molecule has 3 rings (SSSR count). The number of ketones is 1. The van der Waals surface area contributed by atoms with Gasteiger partial charge in [-0.15, -0.1) is 0 Å². The molecule has 1 saturated carbocycles. The van der Waals surface area contributed by atoms with Gasteiger partial charge in [-0.1, -0.05) is 12.5 Å². The molecule has 2 aliphatic carbocycles. The Bertz CT molecular complexity index is 790. The van der Waals surface area contributed by atoms with Gasteiger partial charge in [0.05, 0.1) is 0 Å². The second-order valence-electron chi connectivity index (χ2n) is 7.56. The van der Waals surface area contributed by atoms with Crippen LogP contribution in [0.5, 0.6) is 0 Å². The summed E-state index contributed by atoms with van der Waals surface area (Å²) in [5.41, 5.74) is 1.01. The van der Waals surface area contributed by atoms with Crippen molar-refractivity contribution in [3.63, 3.8) is 0 Å². The van der Waals surface area contributed by atoms with Crippen LogP contribution < -0.4 is 0 Å². The lowest BCUT2D eigenvalue weighted by molar-refractivity contribution is -0.230. The van der Waals surface area contributed by atoms with E-state index in [1.165, 1.54) is 19.9 Å². The van der Waals surface area contributed by atoms with Crippen molar-refractivity contribution < 1.29 is 33.4 Å². The lowest BCUT2D eigenvalue weighted by Crippen LogP contribution is -2.58. The Morgan fingerprint density at radius 2 is 1.85 bits per heavy atom. The molecular weight excluding hydrogens is 340 g/mol. The first kappa shape index (κ1) is 18.4. The van der Waals surface area contributed by atoms with Crippen LogP contribution in [-0.4, -0.2) is 35.6 Å². The number of allylic oxidation sites excluding steroid dienone is 1. The Morgan fingerprint density at radius 3 is 2.42 bits per heavy atom. The average molecular weight is 362 g/mol. The smallest absolute Gasteiger partial charge is 0.337 e. The van der Waals surface area contributed by atoms with E-state index < -0.39 is 35.2 Å². The fraction of sp³-hybridized carbons (Fsp3) is 0.579. The Morgan fingerprint density at radius 1 is 1.19 bits per heavy atom. The predicted molar refractivity (Wildman–Crippen MR) is 88.4 cm³/mol. The number of rotatable bonds is 2. The SMILES string of the molecule is CC(=O)OC1C(=O)C=C(C)C2CC3=C(C)C(=O)OC3(OC(C)=O)CC21C. The highest BCUT2D eigenvalue weighted by atomic mass is 16.7. The monoisotopic (exact) mass is 362 g/mol. The van der Waals surface area contributed by atoms with E-state index in [0.29, 0.717) is 17.6 Å². The van der Waals surface area contributed by atoms with E-state index in [2.05, 4.69) is 0 Å². The van der Waals surface area contributed by atoms with Gasteiger partial charge in [0.1, 0.15) is 0 Å². The molecule has 26 heavy (non-hydrogen) atoms. The molecule has 4 unspecified atom stereocenters. The minimum atomic E-state index is -1.55. The highest BCUT2D eigenvalue weighted by Crippen LogP contribution is 2.59. The maximum atomic E-state index is 12.6. The van der Waals surface area contributed by atoms with E-state index in [1.54, 1.807) is 6.92 Å². The van der Waals surface area contributed by atoms with Gasteiger partial charge in [0.2, 0.25) is 0 Å². The number of hydrogen-bond acceptors (Lipinski definition) is 7. The van der Waals surface area contributed by atoms with Gasteiger partial charge in [0, 0.05) is 36.8 Å². The van der Waals surface area contributed by atoms with E-state index in [9.17, 15) is 19.2 Å². The van der Waals surface area contributed by atoms with Crippen molar-refractivity contribution in [2.24, 2.45) is 11.3 Å². The first-order valence-corrected chi connectivity index (χ1v) is 8.52. The number of hydrogen-bond donors (Lipinski definition) is 0. The topological polar surface area (TPSA) is 96.0 Å². The molecule has 0 amide bonds. The zero-order valence-corrected chi connectivity index (χ0v) is 15.5. The van der Waals surface area contributed by atoms with Gasteiger partial charge in [0.25, 0.3) is 5.79 Å². The summed E-state index contributed by atoms with van der Waals surface area (Å²) in [6.07, 6.45) is 0.904. The van der Waals surface area contributed by atoms with Gasteiger partial charge in [-0.25, -0.2) is 4.79 Å². The molecule has 1 heterocycles. The fourth-order valence-corrected chi connectivity index (χ4v) is 4.60. The summed E-state index contributed by atoms with van der Waals surface area (Å²) >= 11 is 0. The molecule has 0 aromatic carbocycles. The molecule has 0 spiro atoms. The molecule has 4 atom stereocenters. The van der Waals surface area contributed by atoms with Crippen LogP contribution in [-0.2, 0) is 33.4 Å². The number of carbonyl (C=O) groups excluding carboxylic acids is 4. The van der Waals surface area contributed by atoms with Gasteiger partial charge < -0.3 is 14.2 Å². The van der Waals surface area contributed by atoms with Crippen LogP contribution in [0.25, 0.3) is 0 Å². The zero-order valence-electron chi connectivity index (χ0n) is 15.5. The Hall–Kier alpha value is -2.44. The molecule has 1 fully saturated rings. The number of ether oxygens (including phenoxy) is 3. The summed E-state index contributed by atoms with van der Waals surface area (Å²) in [6, 6.07) is 0. The quantitative estimate of drug-likeness (QED) is 0.693. The van der Waals surface area contributed by atoms with Crippen molar-refractivity contribution in [1.82, 2.24) is 0 Å². The molecule has 3 aliphatic rings. The van der Waals surface area contributed by atoms with E-state index in [4.69, 9.17) is 14.2 Å². The Balaban J connectivity index is 2.14. The Kier molecular flexibility index (Phi) is 4.09. The minimum absolute atomic E-state index is 0.0531. The normalized spacial score (nSPS) is 36.0. The summed E-state index contributed by atoms with van der Waals surface area (Å²) in [6.45, 7) is 7.78. The van der Waals surface area contributed by atoms with Crippen molar-refractivity contribution in [3.8, 4) is 0 Å². The lowest BCUT2D eigenvalue weighted by Gasteiger charge is -2.52. The van der Waals surface area contributed by atoms with Crippen molar-refractivity contribution in [3.05, 3.63) is 22.8 Å². The van der Waals surface area contributed by atoms with Gasteiger partial charge >= 0.3 is 17.9 Å². The van der Waals surface area contributed by atoms with Gasteiger partial charge in [-0.3, -0.25) is 14.4 Å². The van der Waals surface area contributed by atoms with E-state index in [0.717, 1.165) is 5.57 Å². The van der Waals surface area contributed by atoms with Crippen molar-refractivity contribution in [2.75, 3.05) is 0 Å². The molecule has 0 radical (unpaired) electrons. The largest absolute Gasteiger partial charge is 0.454 e. The average Bonchev–Trinajstić information content (AvgIpc) is 2.71. The highest BCUT2D eigenvalue weighted by Gasteiger charge is 2.64. The van der Waals surface area contributed by atoms with Crippen LogP contribution in [0.3, 0.4) is 0 Å². The lowest BCUT2D eigenvalue weighted by atomic mass is 9.56. The summed E-state index contributed by atoms with van der Waals surface area (Å²) < 4.78 is 16.3. The third kappa shape index (κ3) is 2.57. The molecule has 0 saturated heterocycles. The Labute approximate surface area is 151 Å². The van der Waals surface area contributed by atoms with Gasteiger partial charge in [-0.2, -0.15) is 0 Å². The summed E-state index contributed by atoms with van der Waals surface area (Å²) in [5, 5.41) is 0. The molecular formula is C19H22O7. The summed E-state index contributed by atoms with van der Waals surface area (Å²) in [4.78, 5) is 48.1. The van der Waals surface area contributed by atoms with Crippen LogP contribution in [0.1, 0.15) is 47.5 Å². The molecule has 0 bridgehead atoms. The molecule has 140 valence electrons. The number of esters is 3. The highest BCUT2D eigenvalue weighted by molar-refractivity contribution is 5.98. The molecule has 0 aromatic rings. The van der Waals surface area contributed by atoms with E-state index >= 15 is 0 Å². The van der Waals surface area contributed by atoms with Crippen molar-refractivity contribution in [2.45, 2.75) is 59.4 Å². The van der Waals surface area contributed by atoms with Crippen molar-refractivity contribution in [1.29, 1.82) is 0 Å². The van der Waals surface area contributed by atoms with E-state index in [-0.39, 0.29) is 18.1 Å². The van der Waals surface area contributed by atoms with Gasteiger partial charge in [-0.05, 0) is 32.3 Å². The fourth-order valence-electron chi connectivity index (χ4n) is 4.60. The maximum Gasteiger partial charge on any atom is 0.337 e. The zero-order chi connectivity index (χ0) is 19.4. The van der Waals surface area contributed by atoms with Crippen LogP contribution in [0.4, 0.5) is 0 Å². The molecule has 0 aromatic heterocycles. The van der Waals surface area contributed by atoms with Gasteiger partial charge in [0.15, 0.2) is 11.9 Å². The number of fused-ring (bicyclic) bond motifs is 2. The van der Waals surface area contributed by atoms with Crippen LogP contribution >= 0.6 is 0 Å². The second kappa shape index (κ2) is 5.79. The minimum Gasteiger partial charge on any atom is -0.454 e. The maximum absolute atomic E-state index is 12.6. The number of carbonyl (C=O) groups is 4. The molecule has 0 N–H and O–H groups in total. The third-order valence-electron chi connectivity index (χ3n) is 5.66. The van der Waals surface area contributed by atoms with Crippen LogP contribution in [0.2, 0.25) is 0 Å². The summed E-state index contributed by atoms with van der Waals surface area (Å²) in [7, 11) is 0. The van der Waals surface area contributed by atoms with E-state index in [1.807, 2.05) is 13.8 Å².